The summed E-state index contributed by atoms with van der Waals surface area (Å²) in [5.74, 6) is -0.481. The van der Waals surface area contributed by atoms with Gasteiger partial charge in [-0.3, -0.25) is 4.79 Å². The molecule has 0 aromatic heterocycles. The molecule has 19 heavy (non-hydrogen) atoms. The number of amides is 1. The zero-order valence-corrected chi connectivity index (χ0v) is 11.0. The summed E-state index contributed by atoms with van der Waals surface area (Å²) in [6.45, 7) is 3.09. The first-order valence-corrected chi connectivity index (χ1v) is 6.22. The molecule has 2 N–H and O–H groups in total. The van der Waals surface area contributed by atoms with Crippen LogP contribution in [0.3, 0.4) is 0 Å². The summed E-state index contributed by atoms with van der Waals surface area (Å²) in [7, 11) is 0. The highest BCUT2D eigenvalue weighted by Gasteiger charge is 1.93. The van der Waals surface area contributed by atoms with E-state index < -0.39 is 5.91 Å². The lowest BCUT2D eigenvalue weighted by molar-refractivity contribution is -0.113. The molecule has 0 fully saturated rings. The van der Waals surface area contributed by atoms with Crippen molar-refractivity contribution in [2.75, 3.05) is 0 Å². The molecule has 0 spiro atoms. The van der Waals surface area contributed by atoms with E-state index in [1.165, 1.54) is 11.1 Å². The van der Waals surface area contributed by atoms with Crippen molar-refractivity contribution in [3.63, 3.8) is 0 Å². The first kappa shape index (κ1) is 14.7. The van der Waals surface area contributed by atoms with Crippen LogP contribution >= 0.6 is 0 Å². The highest BCUT2D eigenvalue weighted by Crippen LogP contribution is 2.06. The minimum absolute atomic E-state index is 0.481. The van der Waals surface area contributed by atoms with Crippen LogP contribution in [0.25, 0.3) is 0 Å². The monoisotopic (exact) mass is 253 g/mol. The third-order valence-electron chi connectivity index (χ3n) is 2.59. The summed E-state index contributed by atoms with van der Waals surface area (Å²) < 4.78 is 0. The Morgan fingerprint density at radius 2 is 1.21 bits per heavy atom. The summed E-state index contributed by atoms with van der Waals surface area (Å²) in [4.78, 5) is 9.47. The number of nitrogens with two attached hydrogens (primary N) is 1. The molecule has 0 unspecified atom stereocenters. The van der Waals surface area contributed by atoms with Crippen LogP contribution in [-0.4, -0.2) is 5.91 Å². The molecular formula is C17H19NO. The Balaban J connectivity index is 0.000000312. The maximum absolute atomic E-state index is 9.47. The molecule has 2 aromatic carbocycles. The molecule has 1 amide bonds. The fourth-order valence-electron chi connectivity index (χ4n) is 1.58. The highest BCUT2D eigenvalue weighted by molar-refractivity contribution is 5.84. The predicted molar refractivity (Wildman–Crippen MR) is 79.7 cm³/mol. The number of primary amides is 1. The van der Waals surface area contributed by atoms with Gasteiger partial charge in [-0.15, -0.1) is 0 Å². The number of carbonyl (C=O) groups is 1. The number of hydrogen-bond donors (Lipinski definition) is 1. The molecule has 2 nitrogen and oxygen atoms in total. The second-order valence-electron chi connectivity index (χ2n) is 4.08. The number of hydrogen-bond acceptors (Lipinski definition) is 1. The van der Waals surface area contributed by atoms with E-state index in [1.54, 1.807) is 0 Å². The molecular weight excluding hydrogens is 234 g/mol. The minimum atomic E-state index is -0.481. The fourth-order valence-corrected chi connectivity index (χ4v) is 1.58. The van der Waals surface area contributed by atoms with E-state index in [0.29, 0.717) is 0 Å². The van der Waals surface area contributed by atoms with Gasteiger partial charge in [0.15, 0.2) is 0 Å². The first-order chi connectivity index (χ1) is 9.22. The number of aryl methyl sites for hydroxylation is 2. The van der Waals surface area contributed by atoms with Gasteiger partial charge in [0.05, 0.1) is 0 Å². The lowest BCUT2D eigenvalue weighted by atomic mass is 10.0. The van der Waals surface area contributed by atoms with Crippen LogP contribution in [0.5, 0.6) is 0 Å². The largest absolute Gasteiger partial charge is 0.366 e. The van der Waals surface area contributed by atoms with Gasteiger partial charge in [-0.2, -0.15) is 0 Å². The molecule has 0 bridgehead atoms. The molecule has 0 aliphatic heterocycles. The summed E-state index contributed by atoms with van der Waals surface area (Å²) in [5.41, 5.74) is 7.36. The molecule has 0 saturated heterocycles. The van der Waals surface area contributed by atoms with Gasteiger partial charge in [-0.05, 0) is 30.0 Å². The van der Waals surface area contributed by atoms with Crippen molar-refractivity contribution in [2.24, 2.45) is 5.73 Å². The van der Waals surface area contributed by atoms with Crippen molar-refractivity contribution < 1.29 is 4.79 Å². The maximum Gasteiger partial charge on any atom is 0.240 e. The minimum Gasteiger partial charge on any atom is -0.366 e. The number of rotatable bonds is 4. The molecule has 2 heteroatoms. The topological polar surface area (TPSA) is 43.1 Å². The average molecular weight is 253 g/mol. The molecule has 2 aromatic rings. The zero-order chi connectivity index (χ0) is 13.9. The van der Waals surface area contributed by atoms with E-state index in [1.807, 2.05) is 0 Å². The number of benzene rings is 2. The second-order valence-corrected chi connectivity index (χ2v) is 4.08. The van der Waals surface area contributed by atoms with Gasteiger partial charge in [0.25, 0.3) is 0 Å². The van der Waals surface area contributed by atoms with Crippen LogP contribution in [0.4, 0.5) is 0 Å². The van der Waals surface area contributed by atoms with Crippen molar-refractivity contribution in [2.45, 2.75) is 12.8 Å². The van der Waals surface area contributed by atoms with E-state index in [0.717, 1.165) is 18.9 Å². The Morgan fingerprint density at radius 3 is 1.47 bits per heavy atom. The van der Waals surface area contributed by atoms with Crippen LogP contribution in [-0.2, 0) is 17.6 Å². The van der Waals surface area contributed by atoms with Crippen LogP contribution in [0.15, 0.2) is 73.3 Å². The van der Waals surface area contributed by atoms with Crippen LogP contribution in [0, 0.1) is 0 Å². The van der Waals surface area contributed by atoms with Crippen LogP contribution < -0.4 is 5.73 Å². The molecule has 0 radical (unpaired) electrons. The quantitative estimate of drug-likeness (QED) is 0.836. The Hall–Kier alpha value is -2.35. The Morgan fingerprint density at radius 1 is 0.895 bits per heavy atom. The lowest BCUT2D eigenvalue weighted by Gasteiger charge is -2.01. The molecule has 0 saturated carbocycles. The fraction of sp³-hybridized carbons (Fsp3) is 0.118. The third-order valence-corrected chi connectivity index (χ3v) is 2.59. The van der Waals surface area contributed by atoms with Gasteiger partial charge in [0, 0.05) is 0 Å². The summed E-state index contributed by atoms with van der Waals surface area (Å²) in [5, 5.41) is 0. The SMILES string of the molecule is C=CC(N)=O.c1ccc(CCc2ccccc2)cc1. The third kappa shape index (κ3) is 6.84. The smallest absolute Gasteiger partial charge is 0.240 e. The Labute approximate surface area is 114 Å². The van der Waals surface area contributed by atoms with E-state index in [4.69, 9.17) is 0 Å². The second kappa shape index (κ2) is 8.70. The summed E-state index contributed by atoms with van der Waals surface area (Å²) in [6, 6.07) is 21.2. The van der Waals surface area contributed by atoms with Gasteiger partial charge in [0.2, 0.25) is 5.91 Å². The van der Waals surface area contributed by atoms with Crippen LogP contribution in [0.1, 0.15) is 11.1 Å². The summed E-state index contributed by atoms with van der Waals surface area (Å²) in [6.07, 6.45) is 3.32. The normalized spacial score (nSPS) is 9.05. The van der Waals surface area contributed by atoms with E-state index in [9.17, 15) is 4.79 Å². The van der Waals surface area contributed by atoms with Gasteiger partial charge >= 0.3 is 0 Å². The van der Waals surface area contributed by atoms with Crippen LogP contribution in [0.2, 0.25) is 0 Å². The Kier molecular flexibility index (Phi) is 6.73. The zero-order valence-electron chi connectivity index (χ0n) is 11.0. The molecule has 0 heterocycles. The maximum atomic E-state index is 9.47. The highest BCUT2D eigenvalue weighted by atomic mass is 16.1. The van der Waals surface area contributed by atoms with Crippen molar-refractivity contribution in [3.05, 3.63) is 84.4 Å². The van der Waals surface area contributed by atoms with Crippen molar-refractivity contribution in [1.29, 1.82) is 0 Å². The van der Waals surface area contributed by atoms with Gasteiger partial charge in [-0.25, -0.2) is 0 Å². The first-order valence-electron chi connectivity index (χ1n) is 6.22. The van der Waals surface area contributed by atoms with E-state index in [-0.39, 0.29) is 0 Å². The number of carbonyl (C=O) groups excluding carboxylic acids is 1. The average Bonchev–Trinajstić information content (AvgIpc) is 2.48. The van der Waals surface area contributed by atoms with E-state index in [2.05, 4.69) is 73.0 Å². The van der Waals surface area contributed by atoms with Crippen molar-refractivity contribution >= 4 is 5.91 Å². The molecule has 0 atom stereocenters. The molecule has 98 valence electrons. The Bertz CT molecular complexity index is 452. The van der Waals surface area contributed by atoms with Gasteiger partial charge in [0.1, 0.15) is 0 Å². The van der Waals surface area contributed by atoms with Crippen molar-refractivity contribution in [1.82, 2.24) is 0 Å². The standard InChI is InChI=1S/C14H14.C3H5NO/c1-3-7-13(8-4-1)11-12-14-9-5-2-6-10-14;1-2-3(4)5/h1-10H,11-12H2;2H,1H2,(H2,4,5). The van der Waals surface area contributed by atoms with Crippen molar-refractivity contribution in [3.8, 4) is 0 Å². The molecule has 0 aliphatic rings. The van der Waals surface area contributed by atoms with Gasteiger partial charge < -0.3 is 5.73 Å². The predicted octanol–water partition coefficient (Wildman–Crippen LogP) is 3.13. The molecule has 0 aliphatic carbocycles. The van der Waals surface area contributed by atoms with Gasteiger partial charge in [-0.1, -0.05) is 67.2 Å². The summed E-state index contributed by atoms with van der Waals surface area (Å²) >= 11 is 0. The molecule has 2 rings (SSSR count). The lowest BCUT2D eigenvalue weighted by Crippen LogP contribution is -2.04. The van der Waals surface area contributed by atoms with E-state index >= 15 is 0 Å².